The average molecular weight is 298 g/mol. The van der Waals surface area contributed by atoms with E-state index in [1.165, 1.54) is 4.31 Å². The molecule has 1 aliphatic heterocycles. The van der Waals surface area contributed by atoms with Crippen LogP contribution in [-0.4, -0.2) is 39.0 Å². The Kier molecular flexibility index (Phi) is 4.36. The van der Waals surface area contributed by atoms with Gasteiger partial charge in [0.25, 0.3) is 0 Å². The Bertz CT molecular complexity index is 591. The molecule has 1 aromatic carbocycles. The first-order chi connectivity index (χ1) is 9.36. The van der Waals surface area contributed by atoms with Crippen LogP contribution in [0.15, 0.2) is 17.0 Å². The lowest BCUT2D eigenvalue weighted by Gasteiger charge is -2.31. The van der Waals surface area contributed by atoms with Crippen molar-refractivity contribution in [2.24, 2.45) is 0 Å². The Morgan fingerprint density at radius 2 is 1.85 bits per heavy atom. The molecule has 20 heavy (non-hydrogen) atoms. The lowest BCUT2D eigenvalue weighted by atomic mass is 10.1. The van der Waals surface area contributed by atoms with Crippen LogP contribution < -0.4 is 5.73 Å². The van der Waals surface area contributed by atoms with Gasteiger partial charge >= 0.3 is 0 Å². The van der Waals surface area contributed by atoms with Gasteiger partial charge in [0.2, 0.25) is 10.0 Å². The maximum absolute atomic E-state index is 12.7. The number of sulfonamides is 1. The van der Waals surface area contributed by atoms with Crippen molar-refractivity contribution >= 4 is 15.7 Å². The second-order valence-corrected chi connectivity index (χ2v) is 7.22. The van der Waals surface area contributed by atoms with Crippen LogP contribution in [0.4, 0.5) is 5.69 Å². The van der Waals surface area contributed by atoms with E-state index in [1.807, 2.05) is 6.92 Å². The minimum Gasteiger partial charge on any atom is -0.398 e. The molecule has 0 spiro atoms. The molecule has 0 aromatic heterocycles. The van der Waals surface area contributed by atoms with E-state index in [9.17, 15) is 8.42 Å². The quantitative estimate of drug-likeness (QED) is 0.862. The van der Waals surface area contributed by atoms with Crippen molar-refractivity contribution in [3.05, 3.63) is 23.3 Å². The van der Waals surface area contributed by atoms with Crippen LogP contribution in [0.5, 0.6) is 0 Å². The topological polar surface area (TPSA) is 72.6 Å². The van der Waals surface area contributed by atoms with Gasteiger partial charge in [-0.1, -0.05) is 0 Å². The number of nitrogens with zero attached hydrogens (tertiary/aromatic N) is 1. The predicted molar refractivity (Wildman–Crippen MR) is 79.1 cm³/mol. The zero-order valence-electron chi connectivity index (χ0n) is 12.2. The van der Waals surface area contributed by atoms with Gasteiger partial charge in [0.15, 0.2) is 0 Å². The van der Waals surface area contributed by atoms with Crippen LogP contribution >= 0.6 is 0 Å². The predicted octanol–water partition coefficient (Wildman–Crippen LogP) is 1.69. The van der Waals surface area contributed by atoms with Gasteiger partial charge in [0.1, 0.15) is 0 Å². The van der Waals surface area contributed by atoms with Gasteiger partial charge < -0.3 is 10.5 Å². The number of piperidine rings is 1. The highest BCUT2D eigenvalue weighted by Crippen LogP contribution is 2.28. The standard InChI is InChI=1S/C14H22N2O3S/c1-10-8-13(15)11(2)14(9-10)20(17,18)16-6-4-12(19-3)5-7-16/h8-9,12H,4-7,15H2,1-3H3. The molecule has 0 saturated carbocycles. The van der Waals surface area contributed by atoms with E-state index >= 15 is 0 Å². The Balaban J connectivity index is 2.32. The molecule has 5 nitrogen and oxygen atoms in total. The smallest absolute Gasteiger partial charge is 0.243 e. The summed E-state index contributed by atoms with van der Waals surface area (Å²) in [5, 5.41) is 0. The van der Waals surface area contributed by atoms with Gasteiger partial charge in [-0.3, -0.25) is 0 Å². The molecule has 0 unspecified atom stereocenters. The molecule has 1 fully saturated rings. The summed E-state index contributed by atoms with van der Waals surface area (Å²) >= 11 is 0. The highest BCUT2D eigenvalue weighted by molar-refractivity contribution is 7.89. The number of ether oxygens (including phenoxy) is 1. The SMILES string of the molecule is COC1CCN(S(=O)(=O)c2cc(C)cc(N)c2C)CC1. The number of hydrogen-bond donors (Lipinski definition) is 1. The van der Waals surface area contributed by atoms with Crippen LogP contribution in [0.3, 0.4) is 0 Å². The zero-order valence-corrected chi connectivity index (χ0v) is 13.0. The molecule has 1 heterocycles. The molecule has 0 aliphatic carbocycles. The number of anilines is 1. The van der Waals surface area contributed by atoms with Gasteiger partial charge in [-0.2, -0.15) is 4.31 Å². The van der Waals surface area contributed by atoms with Crippen molar-refractivity contribution in [2.45, 2.75) is 37.7 Å². The van der Waals surface area contributed by atoms with Crippen LogP contribution in [-0.2, 0) is 14.8 Å². The summed E-state index contributed by atoms with van der Waals surface area (Å²) in [5.74, 6) is 0. The summed E-state index contributed by atoms with van der Waals surface area (Å²) in [4.78, 5) is 0.325. The molecule has 112 valence electrons. The molecule has 6 heteroatoms. The zero-order chi connectivity index (χ0) is 14.9. The number of methoxy groups -OCH3 is 1. The summed E-state index contributed by atoms with van der Waals surface area (Å²) in [5.41, 5.74) is 7.90. The highest BCUT2D eigenvalue weighted by atomic mass is 32.2. The minimum absolute atomic E-state index is 0.158. The van der Waals surface area contributed by atoms with Crippen LogP contribution in [0.1, 0.15) is 24.0 Å². The summed E-state index contributed by atoms with van der Waals surface area (Å²) < 4.78 is 32.3. The molecular formula is C14H22N2O3S. The normalized spacial score (nSPS) is 18.4. The molecule has 2 rings (SSSR count). The van der Waals surface area contributed by atoms with Gasteiger partial charge in [0.05, 0.1) is 11.0 Å². The van der Waals surface area contributed by atoms with Crippen LogP contribution in [0, 0.1) is 13.8 Å². The van der Waals surface area contributed by atoms with Crippen molar-refractivity contribution in [3.63, 3.8) is 0 Å². The Morgan fingerprint density at radius 1 is 1.25 bits per heavy atom. The first-order valence-electron chi connectivity index (χ1n) is 6.76. The molecule has 1 aromatic rings. The van der Waals surface area contributed by atoms with E-state index in [4.69, 9.17) is 10.5 Å². The maximum atomic E-state index is 12.7. The Morgan fingerprint density at radius 3 is 2.40 bits per heavy atom. The molecule has 0 bridgehead atoms. The molecule has 0 amide bonds. The second kappa shape index (κ2) is 5.71. The number of nitrogen functional groups attached to an aromatic ring is 1. The third-order valence-electron chi connectivity index (χ3n) is 3.90. The van der Waals surface area contributed by atoms with Crippen LogP contribution in [0.25, 0.3) is 0 Å². The van der Waals surface area contributed by atoms with Gasteiger partial charge in [-0.05, 0) is 49.9 Å². The largest absolute Gasteiger partial charge is 0.398 e. The average Bonchev–Trinajstić information content (AvgIpc) is 2.42. The molecule has 0 atom stereocenters. The third kappa shape index (κ3) is 2.82. The summed E-state index contributed by atoms with van der Waals surface area (Å²) in [7, 11) is -1.80. The van der Waals surface area contributed by atoms with E-state index in [1.54, 1.807) is 26.2 Å². The minimum atomic E-state index is -3.47. The number of aryl methyl sites for hydroxylation is 1. The van der Waals surface area contributed by atoms with Gasteiger partial charge in [-0.15, -0.1) is 0 Å². The van der Waals surface area contributed by atoms with Crippen LogP contribution in [0.2, 0.25) is 0 Å². The lowest BCUT2D eigenvalue weighted by molar-refractivity contribution is 0.0604. The van der Waals surface area contributed by atoms with Crippen molar-refractivity contribution in [1.82, 2.24) is 4.31 Å². The van der Waals surface area contributed by atoms with E-state index in [-0.39, 0.29) is 6.10 Å². The highest BCUT2D eigenvalue weighted by Gasteiger charge is 2.30. The fourth-order valence-electron chi connectivity index (χ4n) is 2.57. The molecular weight excluding hydrogens is 276 g/mol. The summed E-state index contributed by atoms with van der Waals surface area (Å²) in [6.45, 7) is 4.60. The molecule has 1 aliphatic rings. The van der Waals surface area contributed by atoms with Crippen molar-refractivity contribution in [1.29, 1.82) is 0 Å². The monoisotopic (exact) mass is 298 g/mol. The molecule has 0 radical (unpaired) electrons. The van der Waals surface area contributed by atoms with E-state index in [2.05, 4.69) is 0 Å². The number of hydrogen-bond acceptors (Lipinski definition) is 4. The van der Waals surface area contributed by atoms with Gasteiger partial charge in [0, 0.05) is 25.9 Å². The number of nitrogens with two attached hydrogens (primary N) is 1. The number of rotatable bonds is 3. The summed E-state index contributed by atoms with van der Waals surface area (Å²) in [6, 6.07) is 3.49. The second-order valence-electron chi connectivity index (χ2n) is 5.32. The van der Waals surface area contributed by atoms with E-state index in [0.717, 1.165) is 18.4 Å². The fraction of sp³-hybridized carbons (Fsp3) is 0.571. The summed E-state index contributed by atoms with van der Waals surface area (Å²) in [6.07, 6.45) is 1.62. The van der Waals surface area contributed by atoms with Gasteiger partial charge in [-0.25, -0.2) is 8.42 Å². The first kappa shape index (κ1) is 15.3. The van der Waals surface area contributed by atoms with Crippen molar-refractivity contribution in [2.75, 3.05) is 25.9 Å². The maximum Gasteiger partial charge on any atom is 0.243 e. The first-order valence-corrected chi connectivity index (χ1v) is 8.20. The lowest BCUT2D eigenvalue weighted by Crippen LogP contribution is -2.40. The third-order valence-corrected chi connectivity index (χ3v) is 5.92. The molecule has 2 N–H and O–H groups in total. The van der Waals surface area contributed by atoms with E-state index < -0.39 is 10.0 Å². The number of benzene rings is 1. The Labute approximate surface area is 120 Å². The Hall–Kier alpha value is -1.11. The van der Waals surface area contributed by atoms with E-state index in [0.29, 0.717) is 29.2 Å². The van der Waals surface area contributed by atoms with Crippen molar-refractivity contribution < 1.29 is 13.2 Å². The molecule has 1 saturated heterocycles. The van der Waals surface area contributed by atoms with Crippen molar-refractivity contribution in [3.8, 4) is 0 Å². The fourth-order valence-corrected chi connectivity index (χ4v) is 4.38.